The number of carbonyl (C=O) groups is 2. The van der Waals surface area contributed by atoms with Crippen LogP contribution in [0.1, 0.15) is 35.4 Å². The Hall–Kier alpha value is -3.40. The third-order valence-corrected chi connectivity index (χ3v) is 5.94. The molecule has 0 bridgehead atoms. The summed E-state index contributed by atoms with van der Waals surface area (Å²) >= 11 is 0. The van der Waals surface area contributed by atoms with Gasteiger partial charge in [0.05, 0.1) is 5.92 Å². The minimum absolute atomic E-state index is 0.0243. The van der Waals surface area contributed by atoms with Gasteiger partial charge in [0.2, 0.25) is 11.8 Å². The van der Waals surface area contributed by atoms with Gasteiger partial charge in [0.15, 0.2) is 0 Å². The Morgan fingerprint density at radius 3 is 2.00 bits per heavy atom. The van der Waals surface area contributed by atoms with Crippen molar-refractivity contribution in [1.29, 1.82) is 0 Å². The maximum absolute atomic E-state index is 12.8. The molecule has 0 aliphatic carbocycles. The lowest BCUT2D eigenvalue weighted by Crippen LogP contribution is -2.34. The Bertz CT molecular complexity index is 950. The molecule has 4 rings (SSSR count). The van der Waals surface area contributed by atoms with Crippen LogP contribution in [0.25, 0.3) is 0 Å². The van der Waals surface area contributed by atoms with E-state index < -0.39 is 0 Å². The van der Waals surface area contributed by atoms with Crippen LogP contribution in [0, 0.1) is 5.92 Å². The number of nitrogens with one attached hydrogen (secondary N) is 1. The largest absolute Gasteiger partial charge is 0.356 e. The molecular formula is C27H28N2O2. The third-order valence-electron chi connectivity index (χ3n) is 5.94. The van der Waals surface area contributed by atoms with Crippen molar-refractivity contribution < 1.29 is 9.59 Å². The number of likely N-dealkylation sites (tertiary alicyclic amines) is 1. The van der Waals surface area contributed by atoms with Crippen molar-refractivity contribution in [2.24, 2.45) is 5.92 Å². The molecule has 1 heterocycles. The SMILES string of the molecule is O=C(NCCC(c1ccccc1)c1ccccc1)[C@H]1CC(=O)N(Cc2ccccc2)C1. The van der Waals surface area contributed by atoms with Gasteiger partial charge < -0.3 is 10.2 Å². The van der Waals surface area contributed by atoms with Crippen molar-refractivity contribution in [3.63, 3.8) is 0 Å². The van der Waals surface area contributed by atoms with Gasteiger partial charge in [-0.3, -0.25) is 9.59 Å². The highest BCUT2D eigenvalue weighted by Crippen LogP contribution is 2.27. The van der Waals surface area contributed by atoms with E-state index in [-0.39, 0.29) is 23.7 Å². The minimum Gasteiger partial charge on any atom is -0.356 e. The van der Waals surface area contributed by atoms with Gasteiger partial charge in [0.1, 0.15) is 0 Å². The molecule has 1 aliphatic heterocycles. The lowest BCUT2D eigenvalue weighted by Gasteiger charge is -2.19. The van der Waals surface area contributed by atoms with Gasteiger partial charge in [0.25, 0.3) is 0 Å². The predicted octanol–water partition coefficient (Wildman–Crippen LogP) is 4.37. The molecule has 1 aliphatic rings. The molecular weight excluding hydrogens is 384 g/mol. The fraction of sp³-hybridized carbons (Fsp3) is 0.259. The van der Waals surface area contributed by atoms with Crippen molar-refractivity contribution in [2.75, 3.05) is 13.1 Å². The molecule has 158 valence electrons. The summed E-state index contributed by atoms with van der Waals surface area (Å²) in [6.45, 7) is 1.63. The van der Waals surface area contributed by atoms with Crippen molar-refractivity contribution in [2.45, 2.75) is 25.3 Å². The molecule has 0 radical (unpaired) electrons. The van der Waals surface area contributed by atoms with E-state index in [1.807, 2.05) is 42.5 Å². The van der Waals surface area contributed by atoms with Gasteiger partial charge in [-0.25, -0.2) is 0 Å². The van der Waals surface area contributed by atoms with Gasteiger partial charge >= 0.3 is 0 Å². The highest BCUT2D eigenvalue weighted by Gasteiger charge is 2.34. The number of nitrogens with zero attached hydrogens (tertiary/aromatic N) is 1. The predicted molar refractivity (Wildman–Crippen MR) is 122 cm³/mol. The van der Waals surface area contributed by atoms with Crippen LogP contribution in [-0.4, -0.2) is 29.8 Å². The van der Waals surface area contributed by atoms with E-state index in [1.54, 1.807) is 4.90 Å². The summed E-state index contributed by atoms with van der Waals surface area (Å²) in [7, 11) is 0. The first-order valence-corrected chi connectivity index (χ1v) is 10.9. The molecule has 0 aromatic heterocycles. The minimum atomic E-state index is -0.275. The highest BCUT2D eigenvalue weighted by atomic mass is 16.2. The fourth-order valence-corrected chi connectivity index (χ4v) is 4.28. The second-order valence-electron chi connectivity index (χ2n) is 8.11. The Morgan fingerprint density at radius 1 is 0.871 bits per heavy atom. The third kappa shape index (κ3) is 5.40. The first-order chi connectivity index (χ1) is 15.2. The quantitative estimate of drug-likeness (QED) is 0.597. The maximum Gasteiger partial charge on any atom is 0.225 e. The zero-order chi connectivity index (χ0) is 21.5. The molecule has 0 saturated carbocycles. The zero-order valence-corrected chi connectivity index (χ0v) is 17.6. The lowest BCUT2D eigenvalue weighted by atomic mass is 9.88. The number of carbonyl (C=O) groups excluding carboxylic acids is 2. The van der Waals surface area contributed by atoms with Crippen LogP contribution in [0.5, 0.6) is 0 Å². The van der Waals surface area contributed by atoms with Crippen molar-refractivity contribution in [3.05, 3.63) is 108 Å². The summed E-state index contributed by atoms with van der Waals surface area (Å²) in [5, 5.41) is 3.08. The van der Waals surface area contributed by atoms with Crippen LogP contribution in [0.3, 0.4) is 0 Å². The average molecular weight is 413 g/mol. The summed E-state index contributed by atoms with van der Waals surface area (Å²) in [4.78, 5) is 26.9. The number of rotatable bonds is 8. The molecule has 1 atom stereocenters. The molecule has 3 aromatic rings. The van der Waals surface area contributed by atoms with Crippen LogP contribution in [0.4, 0.5) is 0 Å². The number of hydrogen-bond donors (Lipinski definition) is 1. The molecule has 4 nitrogen and oxygen atoms in total. The van der Waals surface area contributed by atoms with Crippen LogP contribution >= 0.6 is 0 Å². The van der Waals surface area contributed by atoms with E-state index in [9.17, 15) is 9.59 Å². The average Bonchev–Trinajstić information content (AvgIpc) is 3.18. The molecule has 0 spiro atoms. The monoisotopic (exact) mass is 412 g/mol. The molecule has 3 aromatic carbocycles. The van der Waals surface area contributed by atoms with Gasteiger partial charge in [-0.1, -0.05) is 91.0 Å². The van der Waals surface area contributed by atoms with E-state index in [4.69, 9.17) is 0 Å². The van der Waals surface area contributed by atoms with Crippen LogP contribution in [-0.2, 0) is 16.1 Å². The van der Waals surface area contributed by atoms with Gasteiger partial charge in [0, 0.05) is 32.0 Å². The van der Waals surface area contributed by atoms with Gasteiger partial charge in [-0.15, -0.1) is 0 Å². The number of benzene rings is 3. The van der Waals surface area contributed by atoms with E-state index in [1.165, 1.54) is 11.1 Å². The van der Waals surface area contributed by atoms with Crippen LogP contribution in [0.15, 0.2) is 91.0 Å². The highest BCUT2D eigenvalue weighted by molar-refractivity contribution is 5.89. The smallest absolute Gasteiger partial charge is 0.225 e. The summed E-state index contributed by atoms with van der Waals surface area (Å²) in [5.41, 5.74) is 3.58. The van der Waals surface area contributed by atoms with Crippen LogP contribution < -0.4 is 5.32 Å². The topological polar surface area (TPSA) is 49.4 Å². The molecule has 1 N–H and O–H groups in total. The molecule has 0 unspecified atom stereocenters. The standard InChI is InChI=1S/C27H28N2O2/c30-26-18-24(20-29(26)19-21-10-4-1-5-11-21)27(31)28-17-16-25(22-12-6-2-7-13-22)23-14-8-3-9-15-23/h1-15,24-25H,16-20H2,(H,28,31)/t24-/m0/s1. The van der Waals surface area contributed by atoms with E-state index in [0.29, 0.717) is 26.1 Å². The fourth-order valence-electron chi connectivity index (χ4n) is 4.28. The summed E-state index contributed by atoms with van der Waals surface area (Å²) in [6, 6.07) is 30.7. The second-order valence-corrected chi connectivity index (χ2v) is 8.11. The van der Waals surface area contributed by atoms with Crippen LogP contribution in [0.2, 0.25) is 0 Å². The van der Waals surface area contributed by atoms with E-state index >= 15 is 0 Å². The summed E-state index contributed by atoms with van der Waals surface area (Å²) in [6.07, 6.45) is 1.10. The van der Waals surface area contributed by atoms with E-state index in [0.717, 1.165) is 12.0 Å². The normalized spacial score (nSPS) is 16.0. The van der Waals surface area contributed by atoms with Crippen molar-refractivity contribution >= 4 is 11.8 Å². The Balaban J connectivity index is 1.33. The van der Waals surface area contributed by atoms with Crippen molar-refractivity contribution in [3.8, 4) is 0 Å². The zero-order valence-electron chi connectivity index (χ0n) is 17.6. The summed E-state index contributed by atoms with van der Waals surface area (Å²) < 4.78 is 0. The molecule has 1 fully saturated rings. The molecule has 31 heavy (non-hydrogen) atoms. The van der Waals surface area contributed by atoms with Crippen molar-refractivity contribution in [1.82, 2.24) is 10.2 Å². The lowest BCUT2D eigenvalue weighted by molar-refractivity contribution is -0.129. The summed E-state index contributed by atoms with van der Waals surface area (Å²) in [5.74, 6) is -0.0233. The Kier molecular flexibility index (Phi) is 6.78. The second kappa shape index (κ2) is 10.1. The first-order valence-electron chi connectivity index (χ1n) is 10.9. The Morgan fingerprint density at radius 2 is 1.42 bits per heavy atom. The van der Waals surface area contributed by atoms with Gasteiger partial charge in [-0.2, -0.15) is 0 Å². The molecule has 4 heteroatoms. The van der Waals surface area contributed by atoms with Gasteiger partial charge in [-0.05, 0) is 23.1 Å². The number of hydrogen-bond acceptors (Lipinski definition) is 2. The first kappa shape index (κ1) is 20.9. The molecule has 1 saturated heterocycles. The molecule has 2 amide bonds. The number of amides is 2. The Labute approximate surface area is 183 Å². The maximum atomic E-state index is 12.8. The van der Waals surface area contributed by atoms with E-state index in [2.05, 4.69) is 53.8 Å².